The molecule has 1 aliphatic carbocycles. The Kier molecular flexibility index (Phi) is 4.35. The van der Waals surface area contributed by atoms with Crippen molar-refractivity contribution < 1.29 is 14.6 Å². The fraction of sp³-hybridized carbons (Fsp3) is 0.625. The molecule has 0 amide bonds. The Morgan fingerprint density at radius 2 is 1.95 bits per heavy atom. The van der Waals surface area contributed by atoms with Gasteiger partial charge in [0.25, 0.3) is 0 Å². The van der Waals surface area contributed by atoms with E-state index in [0.717, 1.165) is 31.4 Å². The Bertz CT molecular complexity index is 482. The maximum absolute atomic E-state index is 13.7. The number of likely N-dealkylation sites (N-methyl/N-ethyl adjacent to an activating group) is 1. The molecule has 112 valence electrons. The fourth-order valence-electron chi connectivity index (χ4n) is 3.06. The second-order valence-electron chi connectivity index (χ2n) is 6.12. The molecule has 1 fully saturated rings. The highest BCUT2D eigenvalue weighted by Crippen LogP contribution is 2.34. The minimum atomic E-state index is -0.735. The van der Waals surface area contributed by atoms with Gasteiger partial charge in [0, 0.05) is 24.8 Å². The van der Waals surface area contributed by atoms with Crippen LogP contribution in [0.4, 0.5) is 10.1 Å². The first kappa shape index (κ1) is 15.3. The molecule has 1 atom stereocenters. The first-order valence-electron chi connectivity index (χ1n) is 7.24. The van der Waals surface area contributed by atoms with Crippen LogP contribution in [0.3, 0.4) is 0 Å². The van der Waals surface area contributed by atoms with E-state index in [2.05, 4.69) is 0 Å². The van der Waals surface area contributed by atoms with Gasteiger partial charge < -0.3 is 15.1 Å². The summed E-state index contributed by atoms with van der Waals surface area (Å²) in [5.41, 5.74) is 1.25. The van der Waals surface area contributed by atoms with Crippen LogP contribution in [-0.4, -0.2) is 29.4 Å². The standard InChI is InChI=1S/C16H24FNO2/c1-11-8-15(13(12(2)19)9-14(11)17)18(3)10-16(20)6-4-5-7-16/h8-9,12,19-20H,4-7,10H2,1-3H3/t12-/m0/s1. The molecule has 1 saturated carbocycles. The van der Waals surface area contributed by atoms with E-state index in [9.17, 15) is 14.6 Å². The number of benzene rings is 1. The molecule has 4 heteroatoms. The molecule has 1 aromatic carbocycles. The maximum atomic E-state index is 13.7. The van der Waals surface area contributed by atoms with Crippen LogP contribution in [0, 0.1) is 12.7 Å². The van der Waals surface area contributed by atoms with E-state index < -0.39 is 11.7 Å². The lowest BCUT2D eigenvalue weighted by Gasteiger charge is -2.32. The number of hydrogen-bond donors (Lipinski definition) is 2. The molecule has 0 radical (unpaired) electrons. The van der Waals surface area contributed by atoms with Gasteiger partial charge in [0.1, 0.15) is 5.82 Å². The second-order valence-corrected chi connectivity index (χ2v) is 6.12. The monoisotopic (exact) mass is 281 g/mol. The first-order valence-corrected chi connectivity index (χ1v) is 7.24. The van der Waals surface area contributed by atoms with Gasteiger partial charge in [0.15, 0.2) is 0 Å². The van der Waals surface area contributed by atoms with Gasteiger partial charge in [-0.3, -0.25) is 0 Å². The highest BCUT2D eigenvalue weighted by atomic mass is 19.1. The molecule has 0 unspecified atom stereocenters. The quantitative estimate of drug-likeness (QED) is 0.892. The minimum absolute atomic E-state index is 0.308. The molecule has 2 rings (SSSR count). The lowest BCUT2D eigenvalue weighted by molar-refractivity contribution is 0.0558. The van der Waals surface area contributed by atoms with Crippen LogP contribution in [0.2, 0.25) is 0 Å². The smallest absolute Gasteiger partial charge is 0.126 e. The zero-order valence-electron chi connectivity index (χ0n) is 12.5. The van der Waals surface area contributed by atoms with Crippen LogP contribution in [0.15, 0.2) is 12.1 Å². The minimum Gasteiger partial charge on any atom is -0.389 e. The predicted molar refractivity (Wildman–Crippen MR) is 78.5 cm³/mol. The molecular formula is C16H24FNO2. The Hall–Kier alpha value is -1.13. The van der Waals surface area contributed by atoms with Crippen molar-refractivity contribution in [3.63, 3.8) is 0 Å². The number of aliphatic hydroxyl groups excluding tert-OH is 1. The molecule has 0 saturated heterocycles. The van der Waals surface area contributed by atoms with E-state index in [1.807, 2.05) is 11.9 Å². The van der Waals surface area contributed by atoms with Gasteiger partial charge in [0.2, 0.25) is 0 Å². The van der Waals surface area contributed by atoms with Gasteiger partial charge in [-0.25, -0.2) is 4.39 Å². The highest BCUT2D eigenvalue weighted by molar-refractivity contribution is 5.56. The lowest BCUT2D eigenvalue weighted by atomic mass is 9.99. The molecular weight excluding hydrogens is 257 g/mol. The molecule has 1 aliphatic rings. The molecule has 0 spiro atoms. The first-order chi connectivity index (χ1) is 9.32. The van der Waals surface area contributed by atoms with E-state index in [1.54, 1.807) is 19.9 Å². The van der Waals surface area contributed by atoms with Crippen molar-refractivity contribution in [1.29, 1.82) is 0 Å². The average Bonchev–Trinajstić information content (AvgIpc) is 2.78. The van der Waals surface area contributed by atoms with Crippen LogP contribution in [0.5, 0.6) is 0 Å². The number of halogens is 1. The Morgan fingerprint density at radius 3 is 2.50 bits per heavy atom. The van der Waals surface area contributed by atoms with Crippen LogP contribution >= 0.6 is 0 Å². The van der Waals surface area contributed by atoms with E-state index in [-0.39, 0.29) is 5.82 Å². The second kappa shape index (κ2) is 5.70. The van der Waals surface area contributed by atoms with Crippen LogP contribution in [0.1, 0.15) is 49.8 Å². The zero-order valence-corrected chi connectivity index (χ0v) is 12.5. The van der Waals surface area contributed by atoms with Gasteiger partial charge in [-0.1, -0.05) is 12.8 Å². The van der Waals surface area contributed by atoms with E-state index >= 15 is 0 Å². The summed E-state index contributed by atoms with van der Waals surface area (Å²) in [6.07, 6.45) is 2.98. The average molecular weight is 281 g/mol. The van der Waals surface area contributed by atoms with Crippen molar-refractivity contribution in [3.8, 4) is 0 Å². The third-order valence-electron chi connectivity index (χ3n) is 4.24. The molecule has 0 aliphatic heterocycles. The van der Waals surface area contributed by atoms with Crippen LogP contribution in [-0.2, 0) is 0 Å². The summed E-state index contributed by atoms with van der Waals surface area (Å²) in [5.74, 6) is -0.308. The van der Waals surface area contributed by atoms with Crippen molar-refractivity contribution in [2.45, 2.75) is 51.2 Å². The summed E-state index contributed by atoms with van der Waals surface area (Å²) in [6, 6.07) is 3.14. The lowest BCUT2D eigenvalue weighted by Crippen LogP contribution is -2.39. The van der Waals surface area contributed by atoms with Crippen molar-refractivity contribution >= 4 is 5.69 Å². The molecule has 3 nitrogen and oxygen atoms in total. The van der Waals surface area contributed by atoms with Crippen LogP contribution in [0.25, 0.3) is 0 Å². The van der Waals surface area contributed by atoms with Gasteiger partial charge in [0.05, 0.1) is 11.7 Å². The Balaban J connectivity index is 2.28. The summed E-state index contributed by atoms with van der Waals surface area (Å²) >= 11 is 0. The van der Waals surface area contributed by atoms with Crippen molar-refractivity contribution in [2.75, 3.05) is 18.5 Å². The van der Waals surface area contributed by atoms with Gasteiger partial charge in [-0.2, -0.15) is 0 Å². The maximum Gasteiger partial charge on any atom is 0.126 e. The van der Waals surface area contributed by atoms with Gasteiger partial charge in [-0.15, -0.1) is 0 Å². The molecule has 2 N–H and O–H groups in total. The number of nitrogens with zero attached hydrogens (tertiary/aromatic N) is 1. The predicted octanol–water partition coefficient (Wildman–Crippen LogP) is 2.93. The van der Waals surface area contributed by atoms with Crippen molar-refractivity contribution in [3.05, 3.63) is 29.1 Å². The van der Waals surface area contributed by atoms with E-state index in [0.29, 0.717) is 17.7 Å². The van der Waals surface area contributed by atoms with Gasteiger partial charge in [-0.05, 0) is 44.4 Å². The number of hydrogen-bond acceptors (Lipinski definition) is 3. The Labute approximate surface area is 120 Å². The third-order valence-corrected chi connectivity index (χ3v) is 4.24. The molecule has 0 heterocycles. The fourth-order valence-corrected chi connectivity index (χ4v) is 3.06. The molecule has 1 aromatic rings. The summed E-state index contributed by atoms with van der Waals surface area (Å²) in [6.45, 7) is 3.85. The van der Waals surface area contributed by atoms with E-state index in [1.165, 1.54) is 6.07 Å². The third kappa shape index (κ3) is 3.13. The summed E-state index contributed by atoms with van der Waals surface area (Å²) in [7, 11) is 1.88. The number of anilines is 1. The summed E-state index contributed by atoms with van der Waals surface area (Å²) < 4.78 is 13.7. The largest absolute Gasteiger partial charge is 0.389 e. The Morgan fingerprint density at radius 1 is 1.35 bits per heavy atom. The van der Waals surface area contributed by atoms with Gasteiger partial charge >= 0.3 is 0 Å². The SMILES string of the molecule is Cc1cc(N(C)CC2(O)CCCC2)c([C@H](C)O)cc1F. The van der Waals surface area contributed by atoms with Crippen LogP contribution < -0.4 is 4.90 Å². The molecule has 0 aromatic heterocycles. The molecule has 0 bridgehead atoms. The molecule has 20 heavy (non-hydrogen) atoms. The summed E-state index contributed by atoms with van der Waals surface area (Å²) in [4.78, 5) is 1.93. The normalized spacial score (nSPS) is 19.1. The topological polar surface area (TPSA) is 43.7 Å². The number of rotatable bonds is 4. The number of aliphatic hydroxyl groups is 2. The van der Waals surface area contributed by atoms with Crippen molar-refractivity contribution in [1.82, 2.24) is 0 Å². The summed E-state index contributed by atoms with van der Waals surface area (Å²) in [5, 5.41) is 20.3. The van der Waals surface area contributed by atoms with Crippen molar-refractivity contribution in [2.24, 2.45) is 0 Å². The highest BCUT2D eigenvalue weighted by Gasteiger charge is 2.33. The van der Waals surface area contributed by atoms with E-state index in [4.69, 9.17) is 0 Å². The zero-order chi connectivity index (χ0) is 14.9. The number of aryl methyl sites for hydroxylation is 1.